The standard InChI is InChI=1S/C13H11F3N4O2/c1-7-4-8(13(14,15)16)5-10(18-7)20-9(12(21)22)6-19-11(20)2-3-17-19/h2-5,9H,6H2,1H3,(H,21,22). The molecular formula is C13H11F3N4O2. The number of aromatic nitrogens is 3. The fourth-order valence-corrected chi connectivity index (χ4v) is 2.48. The first-order chi connectivity index (χ1) is 10.3. The van der Waals surface area contributed by atoms with Gasteiger partial charge in [0, 0.05) is 11.8 Å². The number of hydrogen-bond donors (Lipinski definition) is 1. The average molecular weight is 312 g/mol. The Morgan fingerprint density at radius 2 is 2.14 bits per heavy atom. The van der Waals surface area contributed by atoms with Crippen molar-refractivity contribution < 1.29 is 23.1 Å². The molecule has 1 unspecified atom stereocenters. The Balaban J connectivity index is 2.13. The molecule has 0 saturated carbocycles. The molecule has 0 amide bonds. The van der Waals surface area contributed by atoms with E-state index in [1.54, 1.807) is 6.07 Å². The highest BCUT2D eigenvalue weighted by atomic mass is 19.4. The number of aryl methyl sites for hydroxylation is 1. The highest BCUT2D eigenvalue weighted by Crippen LogP contribution is 2.36. The van der Waals surface area contributed by atoms with Crippen molar-refractivity contribution in [3.05, 3.63) is 35.7 Å². The number of aliphatic carboxylic acids is 1. The third-order valence-corrected chi connectivity index (χ3v) is 3.40. The van der Waals surface area contributed by atoms with Crippen LogP contribution in [0.5, 0.6) is 0 Å². The first kappa shape index (κ1) is 14.4. The molecule has 0 aliphatic carbocycles. The van der Waals surface area contributed by atoms with E-state index < -0.39 is 23.8 Å². The molecule has 2 aromatic heterocycles. The lowest BCUT2D eigenvalue weighted by Gasteiger charge is -2.23. The summed E-state index contributed by atoms with van der Waals surface area (Å²) in [5.41, 5.74) is -0.705. The molecule has 3 heterocycles. The van der Waals surface area contributed by atoms with Gasteiger partial charge in [-0.05, 0) is 19.1 Å². The van der Waals surface area contributed by atoms with Crippen LogP contribution in [0.2, 0.25) is 0 Å². The van der Waals surface area contributed by atoms with E-state index >= 15 is 0 Å². The summed E-state index contributed by atoms with van der Waals surface area (Å²) < 4.78 is 40.3. The maximum absolute atomic E-state index is 12.9. The second-order valence-electron chi connectivity index (χ2n) is 4.95. The number of rotatable bonds is 2. The fourth-order valence-electron chi connectivity index (χ4n) is 2.48. The number of carboxylic acids is 1. The Morgan fingerprint density at radius 3 is 2.77 bits per heavy atom. The van der Waals surface area contributed by atoms with Crippen molar-refractivity contribution in [2.24, 2.45) is 0 Å². The molecule has 1 aliphatic rings. The molecule has 6 nitrogen and oxygen atoms in total. The van der Waals surface area contributed by atoms with E-state index in [0.29, 0.717) is 5.82 Å². The van der Waals surface area contributed by atoms with Crippen LogP contribution in [0.4, 0.5) is 24.8 Å². The first-order valence-electron chi connectivity index (χ1n) is 6.37. The van der Waals surface area contributed by atoms with Crippen LogP contribution in [0.25, 0.3) is 0 Å². The smallest absolute Gasteiger partial charge is 0.416 e. The van der Waals surface area contributed by atoms with Gasteiger partial charge >= 0.3 is 12.1 Å². The van der Waals surface area contributed by atoms with Crippen LogP contribution in [-0.4, -0.2) is 31.9 Å². The lowest BCUT2D eigenvalue weighted by molar-refractivity contribution is -0.138. The molecule has 0 saturated heterocycles. The van der Waals surface area contributed by atoms with Gasteiger partial charge in [0.25, 0.3) is 0 Å². The summed E-state index contributed by atoms with van der Waals surface area (Å²) in [5.74, 6) is -0.806. The van der Waals surface area contributed by atoms with Crippen molar-refractivity contribution in [2.75, 3.05) is 4.90 Å². The Hall–Kier alpha value is -2.58. The third kappa shape index (κ3) is 2.28. The Morgan fingerprint density at radius 1 is 1.41 bits per heavy atom. The zero-order valence-electron chi connectivity index (χ0n) is 11.4. The van der Waals surface area contributed by atoms with Gasteiger partial charge in [-0.2, -0.15) is 18.3 Å². The third-order valence-electron chi connectivity index (χ3n) is 3.40. The summed E-state index contributed by atoms with van der Waals surface area (Å²) in [4.78, 5) is 16.7. The van der Waals surface area contributed by atoms with E-state index in [0.717, 1.165) is 12.1 Å². The van der Waals surface area contributed by atoms with Gasteiger partial charge in [0.2, 0.25) is 0 Å². The van der Waals surface area contributed by atoms with Crippen LogP contribution < -0.4 is 4.90 Å². The van der Waals surface area contributed by atoms with Gasteiger partial charge in [-0.25, -0.2) is 14.5 Å². The predicted molar refractivity (Wildman–Crippen MR) is 69.8 cm³/mol. The SMILES string of the molecule is Cc1cc(C(F)(F)F)cc(N2c3ccnn3CC2C(=O)O)n1. The lowest BCUT2D eigenvalue weighted by Crippen LogP contribution is -2.36. The van der Waals surface area contributed by atoms with E-state index in [-0.39, 0.29) is 18.1 Å². The number of nitrogens with zero attached hydrogens (tertiary/aromatic N) is 4. The molecule has 0 bridgehead atoms. The lowest BCUT2D eigenvalue weighted by atomic mass is 10.2. The number of anilines is 2. The summed E-state index contributed by atoms with van der Waals surface area (Å²) in [7, 11) is 0. The van der Waals surface area contributed by atoms with Crippen molar-refractivity contribution in [3.8, 4) is 0 Å². The molecule has 3 rings (SSSR count). The van der Waals surface area contributed by atoms with Gasteiger partial charge in [-0.15, -0.1) is 0 Å². The van der Waals surface area contributed by atoms with E-state index in [1.807, 2.05) is 0 Å². The van der Waals surface area contributed by atoms with Crippen molar-refractivity contribution in [1.29, 1.82) is 0 Å². The van der Waals surface area contributed by atoms with Crippen LogP contribution in [0.1, 0.15) is 11.3 Å². The largest absolute Gasteiger partial charge is 0.480 e. The molecule has 22 heavy (non-hydrogen) atoms. The molecule has 0 radical (unpaired) electrons. The summed E-state index contributed by atoms with van der Waals surface area (Å²) in [6, 6.07) is 2.28. The molecule has 0 fully saturated rings. The summed E-state index contributed by atoms with van der Waals surface area (Å²) in [5, 5.41) is 13.3. The van der Waals surface area contributed by atoms with E-state index in [2.05, 4.69) is 10.1 Å². The molecule has 1 aliphatic heterocycles. The zero-order chi connectivity index (χ0) is 16.1. The number of carboxylic acid groups (broad SMARTS) is 1. The highest BCUT2D eigenvalue weighted by molar-refractivity contribution is 5.82. The summed E-state index contributed by atoms with van der Waals surface area (Å²) in [6.07, 6.45) is -3.07. The van der Waals surface area contributed by atoms with Crippen molar-refractivity contribution in [3.63, 3.8) is 0 Å². The van der Waals surface area contributed by atoms with Crippen LogP contribution >= 0.6 is 0 Å². The normalized spacial score (nSPS) is 17.6. The van der Waals surface area contributed by atoms with Gasteiger partial charge in [0.1, 0.15) is 11.6 Å². The number of alkyl halides is 3. The molecule has 0 spiro atoms. The predicted octanol–water partition coefficient (Wildman–Crippen LogP) is 2.21. The second-order valence-corrected chi connectivity index (χ2v) is 4.95. The first-order valence-corrected chi connectivity index (χ1v) is 6.37. The monoisotopic (exact) mass is 312 g/mol. The minimum atomic E-state index is -4.53. The molecular weight excluding hydrogens is 301 g/mol. The van der Waals surface area contributed by atoms with Crippen molar-refractivity contribution >= 4 is 17.6 Å². The van der Waals surface area contributed by atoms with E-state index in [1.165, 1.54) is 22.7 Å². The molecule has 9 heteroatoms. The fraction of sp³-hybridized carbons (Fsp3) is 0.308. The molecule has 116 valence electrons. The maximum Gasteiger partial charge on any atom is 0.416 e. The second kappa shape index (κ2) is 4.72. The van der Waals surface area contributed by atoms with Gasteiger partial charge in [-0.1, -0.05) is 0 Å². The maximum atomic E-state index is 12.9. The zero-order valence-corrected chi connectivity index (χ0v) is 11.4. The van der Waals surface area contributed by atoms with Crippen LogP contribution in [-0.2, 0) is 17.5 Å². The summed E-state index contributed by atoms with van der Waals surface area (Å²) >= 11 is 0. The average Bonchev–Trinajstić information content (AvgIpc) is 2.96. The van der Waals surface area contributed by atoms with Crippen molar-refractivity contribution in [1.82, 2.24) is 14.8 Å². The highest BCUT2D eigenvalue weighted by Gasteiger charge is 2.39. The van der Waals surface area contributed by atoms with Crippen LogP contribution in [0, 0.1) is 6.92 Å². The van der Waals surface area contributed by atoms with Gasteiger partial charge in [-0.3, -0.25) is 4.90 Å². The van der Waals surface area contributed by atoms with Crippen molar-refractivity contribution in [2.45, 2.75) is 25.7 Å². The quantitative estimate of drug-likeness (QED) is 0.920. The Kier molecular flexibility index (Phi) is 3.08. The number of carbonyl (C=O) groups is 1. The Labute approximate surface area is 122 Å². The minimum Gasteiger partial charge on any atom is -0.480 e. The minimum absolute atomic E-state index is 0.0502. The number of pyridine rings is 1. The van der Waals surface area contributed by atoms with Gasteiger partial charge in [0.05, 0.1) is 18.3 Å². The van der Waals surface area contributed by atoms with E-state index in [9.17, 15) is 23.1 Å². The van der Waals surface area contributed by atoms with E-state index in [4.69, 9.17) is 0 Å². The summed E-state index contributed by atoms with van der Waals surface area (Å²) in [6.45, 7) is 1.48. The number of fused-ring (bicyclic) bond motifs is 1. The van der Waals surface area contributed by atoms with Gasteiger partial charge in [0.15, 0.2) is 6.04 Å². The van der Waals surface area contributed by atoms with Crippen LogP contribution in [0.3, 0.4) is 0 Å². The number of halogens is 3. The molecule has 1 atom stereocenters. The topological polar surface area (TPSA) is 71.2 Å². The molecule has 1 N–H and O–H groups in total. The van der Waals surface area contributed by atoms with Crippen LogP contribution in [0.15, 0.2) is 24.4 Å². The van der Waals surface area contributed by atoms with Gasteiger partial charge < -0.3 is 5.11 Å². The Bertz CT molecular complexity index is 741. The molecule has 2 aromatic rings. The molecule has 0 aromatic carbocycles. The number of hydrogen-bond acceptors (Lipinski definition) is 4.